The number of nitrogens with one attached hydrogen (secondary N) is 1. The van der Waals surface area contributed by atoms with Gasteiger partial charge in [0.2, 0.25) is 0 Å². The van der Waals surface area contributed by atoms with Gasteiger partial charge in [-0.15, -0.1) is 0 Å². The molecule has 2 aromatic carbocycles. The lowest BCUT2D eigenvalue weighted by Gasteiger charge is -2.28. The summed E-state index contributed by atoms with van der Waals surface area (Å²) in [7, 11) is -0.527. The number of piperidine rings is 1. The molecule has 166 valence electrons. The number of ether oxygens (including phenoxy) is 2. The second-order valence-electron chi connectivity index (χ2n) is 7.36. The van der Waals surface area contributed by atoms with Crippen molar-refractivity contribution in [1.82, 2.24) is 4.90 Å². The monoisotopic (exact) mass is 446 g/mol. The molecule has 31 heavy (non-hydrogen) atoms. The van der Waals surface area contributed by atoms with Gasteiger partial charge in [-0.1, -0.05) is 6.07 Å². The van der Waals surface area contributed by atoms with E-state index in [-0.39, 0.29) is 27.6 Å². The van der Waals surface area contributed by atoms with E-state index >= 15 is 0 Å². The Morgan fingerprint density at radius 2 is 1.61 bits per heavy atom. The van der Waals surface area contributed by atoms with Gasteiger partial charge in [-0.25, -0.2) is 8.42 Å². The van der Waals surface area contributed by atoms with Crippen LogP contribution in [0.4, 0.5) is 5.69 Å². The number of benzene rings is 2. The summed E-state index contributed by atoms with van der Waals surface area (Å²) >= 11 is 0. The number of amides is 2. The summed E-state index contributed by atoms with van der Waals surface area (Å²) in [6.45, 7) is 1.30. The minimum Gasteiger partial charge on any atom is -0.493 e. The zero-order chi connectivity index (χ0) is 22.6. The summed E-state index contributed by atoms with van der Waals surface area (Å²) in [4.78, 5) is 27.9. The third-order valence-corrected chi connectivity index (χ3v) is 6.28. The van der Waals surface area contributed by atoms with Gasteiger partial charge in [-0.05, 0) is 43.5 Å². The molecule has 0 radical (unpaired) electrons. The number of carbonyl (C=O) groups excluding carboxylic acids is 2. The van der Waals surface area contributed by atoms with Crippen molar-refractivity contribution >= 4 is 27.3 Å². The molecule has 0 aromatic heterocycles. The molecule has 0 saturated carbocycles. The predicted molar refractivity (Wildman–Crippen MR) is 117 cm³/mol. The maximum atomic E-state index is 13.2. The van der Waals surface area contributed by atoms with Crippen LogP contribution in [0.5, 0.6) is 11.5 Å². The molecule has 1 aliphatic rings. The van der Waals surface area contributed by atoms with E-state index in [1.807, 2.05) is 0 Å². The Hall–Kier alpha value is -3.07. The normalized spacial score (nSPS) is 14.1. The lowest BCUT2D eigenvalue weighted by atomic mass is 10.1. The van der Waals surface area contributed by atoms with E-state index in [9.17, 15) is 18.0 Å². The molecule has 0 bridgehead atoms. The number of hydrogen-bond acceptors (Lipinski definition) is 6. The largest absolute Gasteiger partial charge is 0.493 e. The number of likely N-dealkylation sites (tertiary alicyclic amines) is 1. The fourth-order valence-electron chi connectivity index (χ4n) is 3.49. The van der Waals surface area contributed by atoms with Crippen LogP contribution in [0.2, 0.25) is 0 Å². The number of nitrogens with zero attached hydrogens (tertiary/aromatic N) is 1. The van der Waals surface area contributed by atoms with Crippen molar-refractivity contribution in [2.75, 3.05) is 38.9 Å². The molecule has 8 nitrogen and oxygen atoms in total. The van der Waals surface area contributed by atoms with Crippen LogP contribution < -0.4 is 14.8 Å². The standard InChI is InChI=1S/C22H26N2O6S/c1-29-19-13-17(22(26)24-10-5-4-6-11-24)18(14-20(19)30-2)23-21(25)15-8-7-9-16(12-15)31(3,27)28/h7-9,12-14H,4-6,10-11H2,1-3H3,(H,23,25). The highest BCUT2D eigenvalue weighted by Crippen LogP contribution is 2.34. The molecule has 2 amide bonds. The summed E-state index contributed by atoms with van der Waals surface area (Å²) in [5.74, 6) is -0.0101. The summed E-state index contributed by atoms with van der Waals surface area (Å²) in [6.07, 6.45) is 4.02. The molecule has 0 aliphatic carbocycles. The molecule has 9 heteroatoms. The Balaban J connectivity index is 1.99. The lowest BCUT2D eigenvalue weighted by molar-refractivity contribution is 0.0725. The first kappa shape index (κ1) is 22.6. The molecule has 1 heterocycles. The molecule has 1 aliphatic heterocycles. The molecule has 1 saturated heterocycles. The molecule has 2 aromatic rings. The molecule has 0 spiro atoms. The molecule has 1 N–H and O–H groups in total. The number of carbonyl (C=O) groups is 2. The van der Waals surface area contributed by atoms with Gasteiger partial charge >= 0.3 is 0 Å². The summed E-state index contributed by atoms with van der Waals surface area (Å²) in [5, 5.41) is 2.73. The average molecular weight is 447 g/mol. The van der Waals surface area contributed by atoms with Gasteiger partial charge in [0, 0.05) is 31.0 Å². The fraction of sp³-hybridized carbons (Fsp3) is 0.364. The Bertz CT molecular complexity index is 1090. The maximum absolute atomic E-state index is 13.2. The van der Waals surface area contributed by atoms with Crippen molar-refractivity contribution in [3.8, 4) is 11.5 Å². The molecular weight excluding hydrogens is 420 g/mol. The first-order valence-electron chi connectivity index (χ1n) is 9.91. The van der Waals surface area contributed by atoms with E-state index in [0.717, 1.165) is 25.5 Å². The number of rotatable bonds is 6. The van der Waals surface area contributed by atoms with Crippen LogP contribution in [-0.4, -0.2) is 58.7 Å². The van der Waals surface area contributed by atoms with Crippen LogP contribution >= 0.6 is 0 Å². The summed E-state index contributed by atoms with van der Waals surface area (Å²) in [5.41, 5.74) is 0.712. The van der Waals surface area contributed by atoms with Gasteiger partial charge in [0.1, 0.15) is 0 Å². The summed E-state index contributed by atoms with van der Waals surface area (Å²) < 4.78 is 34.3. The smallest absolute Gasteiger partial charge is 0.256 e. The van der Waals surface area contributed by atoms with Crippen molar-refractivity contribution in [3.63, 3.8) is 0 Å². The average Bonchev–Trinajstić information content (AvgIpc) is 2.78. The topological polar surface area (TPSA) is 102 Å². The number of methoxy groups -OCH3 is 2. The third kappa shape index (κ3) is 5.16. The minimum atomic E-state index is -3.46. The molecule has 0 unspecified atom stereocenters. The van der Waals surface area contributed by atoms with E-state index in [2.05, 4.69) is 5.32 Å². The highest BCUT2D eigenvalue weighted by Gasteiger charge is 2.24. The molecule has 0 atom stereocenters. The number of anilines is 1. The second kappa shape index (κ2) is 9.38. The van der Waals surface area contributed by atoms with Crippen molar-refractivity contribution in [1.29, 1.82) is 0 Å². The quantitative estimate of drug-likeness (QED) is 0.732. The lowest BCUT2D eigenvalue weighted by Crippen LogP contribution is -2.36. The van der Waals surface area contributed by atoms with Gasteiger partial charge in [-0.2, -0.15) is 0 Å². The highest BCUT2D eigenvalue weighted by atomic mass is 32.2. The zero-order valence-corrected chi connectivity index (χ0v) is 18.6. The highest BCUT2D eigenvalue weighted by molar-refractivity contribution is 7.90. The first-order valence-corrected chi connectivity index (χ1v) is 11.8. The van der Waals surface area contributed by atoms with Crippen LogP contribution in [0, 0.1) is 0 Å². The minimum absolute atomic E-state index is 0.0390. The van der Waals surface area contributed by atoms with Gasteiger partial charge in [0.05, 0.1) is 30.4 Å². The van der Waals surface area contributed by atoms with Gasteiger partial charge in [0.25, 0.3) is 11.8 Å². The van der Waals surface area contributed by atoms with E-state index in [1.54, 1.807) is 11.0 Å². The molecular formula is C22H26N2O6S. The van der Waals surface area contributed by atoms with Crippen LogP contribution in [-0.2, 0) is 9.84 Å². The SMILES string of the molecule is COc1cc(NC(=O)c2cccc(S(C)(=O)=O)c2)c(C(=O)N2CCCCC2)cc1OC. The van der Waals surface area contributed by atoms with E-state index < -0.39 is 15.7 Å². The van der Waals surface area contributed by atoms with Crippen molar-refractivity contribution in [3.05, 3.63) is 47.5 Å². The molecule has 1 fully saturated rings. The van der Waals surface area contributed by atoms with Crippen LogP contribution in [0.15, 0.2) is 41.3 Å². The van der Waals surface area contributed by atoms with E-state index in [1.165, 1.54) is 44.6 Å². The zero-order valence-electron chi connectivity index (χ0n) is 17.8. The van der Waals surface area contributed by atoms with Crippen LogP contribution in [0.25, 0.3) is 0 Å². The molecule has 3 rings (SSSR count). The second-order valence-corrected chi connectivity index (χ2v) is 9.38. The van der Waals surface area contributed by atoms with E-state index in [0.29, 0.717) is 24.6 Å². The van der Waals surface area contributed by atoms with Gasteiger partial charge < -0.3 is 19.7 Å². The Labute approximate surface area is 182 Å². The van der Waals surface area contributed by atoms with E-state index in [4.69, 9.17) is 9.47 Å². The Morgan fingerprint density at radius 1 is 0.968 bits per heavy atom. The fourth-order valence-corrected chi connectivity index (χ4v) is 4.16. The number of hydrogen-bond donors (Lipinski definition) is 1. The van der Waals surface area contributed by atoms with Gasteiger partial charge in [0.15, 0.2) is 21.3 Å². The van der Waals surface area contributed by atoms with Crippen molar-refractivity contribution in [2.24, 2.45) is 0 Å². The van der Waals surface area contributed by atoms with Crippen molar-refractivity contribution in [2.45, 2.75) is 24.2 Å². The summed E-state index contributed by atoms with van der Waals surface area (Å²) in [6, 6.07) is 8.83. The van der Waals surface area contributed by atoms with Crippen molar-refractivity contribution < 1.29 is 27.5 Å². The Kier molecular flexibility index (Phi) is 6.84. The maximum Gasteiger partial charge on any atom is 0.256 e. The first-order chi connectivity index (χ1) is 14.7. The Morgan fingerprint density at radius 3 is 2.23 bits per heavy atom. The number of sulfone groups is 1. The van der Waals surface area contributed by atoms with Gasteiger partial charge in [-0.3, -0.25) is 9.59 Å². The van der Waals surface area contributed by atoms with Crippen LogP contribution in [0.1, 0.15) is 40.0 Å². The third-order valence-electron chi connectivity index (χ3n) is 5.17. The predicted octanol–water partition coefficient (Wildman–Crippen LogP) is 2.99. The van der Waals surface area contributed by atoms with Crippen LogP contribution in [0.3, 0.4) is 0 Å².